The van der Waals surface area contributed by atoms with E-state index >= 15 is 4.57 Å². The fraction of sp³-hybridized carbons (Fsp3) is 0.171. The minimum Gasteiger partial charge on any atom is -0.438 e. The van der Waals surface area contributed by atoms with Gasteiger partial charge in [0.05, 0.1) is 11.0 Å². The fourth-order valence-electron chi connectivity index (χ4n) is 5.46. The number of benzene rings is 4. The van der Waals surface area contributed by atoms with E-state index in [2.05, 4.69) is 6.58 Å². The molecule has 1 aliphatic rings. The minimum atomic E-state index is -3.87. The van der Waals surface area contributed by atoms with Crippen molar-refractivity contribution < 1.29 is 28.2 Å². The van der Waals surface area contributed by atoms with Crippen molar-refractivity contribution in [2.45, 2.75) is 39.8 Å². The largest absolute Gasteiger partial charge is 0.438 e. The molecule has 4 aromatic carbocycles. The molecule has 2 unspecified atom stereocenters. The summed E-state index contributed by atoms with van der Waals surface area (Å²) < 4.78 is 28.0. The van der Waals surface area contributed by atoms with Crippen LogP contribution in [-0.4, -0.2) is 17.8 Å². The molecule has 1 aliphatic heterocycles. The standard InChI is InChI=1S/C35H32NO6P/c1-22(2)34(39)41-32-21-27(19-20-30(32)36(24(4)37)25(5)38)35(6,26-17-15-23(3)16-18-26)43(40)33-14-10-8-12-29(33)28-11-7-9-13-31(28)42-43/h7-21H,1H2,2-6H3. The van der Waals surface area contributed by atoms with Crippen LogP contribution in [0, 0.1) is 6.92 Å². The van der Waals surface area contributed by atoms with Gasteiger partial charge in [-0.15, -0.1) is 0 Å². The third-order valence-corrected chi connectivity index (χ3v) is 10.9. The average molecular weight is 594 g/mol. The second-order valence-corrected chi connectivity index (χ2v) is 13.5. The van der Waals surface area contributed by atoms with Crippen molar-refractivity contribution in [2.24, 2.45) is 0 Å². The minimum absolute atomic E-state index is 0.0495. The van der Waals surface area contributed by atoms with Crippen molar-refractivity contribution in [3.8, 4) is 22.6 Å². The predicted molar refractivity (Wildman–Crippen MR) is 168 cm³/mol. The zero-order valence-electron chi connectivity index (χ0n) is 24.7. The molecule has 0 aromatic heterocycles. The van der Waals surface area contributed by atoms with E-state index in [9.17, 15) is 14.4 Å². The number of rotatable bonds is 6. The molecule has 0 saturated heterocycles. The molecule has 4 aromatic rings. The van der Waals surface area contributed by atoms with Gasteiger partial charge in [-0.05, 0) is 61.7 Å². The highest BCUT2D eigenvalue weighted by atomic mass is 31.2. The van der Waals surface area contributed by atoms with E-state index in [0.717, 1.165) is 21.6 Å². The summed E-state index contributed by atoms with van der Waals surface area (Å²) in [4.78, 5) is 38.8. The highest BCUT2D eigenvalue weighted by Gasteiger charge is 2.54. The number of nitrogens with zero attached hydrogens (tertiary/aromatic N) is 1. The molecule has 0 radical (unpaired) electrons. The van der Waals surface area contributed by atoms with Gasteiger partial charge < -0.3 is 9.26 Å². The Morgan fingerprint density at radius 3 is 2.02 bits per heavy atom. The van der Waals surface area contributed by atoms with Gasteiger partial charge in [-0.3, -0.25) is 14.2 Å². The number of imide groups is 1. The number of carbonyl (C=O) groups is 3. The third-order valence-electron chi connectivity index (χ3n) is 7.77. The molecule has 0 spiro atoms. The van der Waals surface area contributed by atoms with Gasteiger partial charge >= 0.3 is 5.97 Å². The van der Waals surface area contributed by atoms with Crippen molar-refractivity contribution in [3.05, 3.63) is 120 Å². The van der Waals surface area contributed by atoms with Gasteiger partial charge in [0, 0.05) is 25.0 Å². The second-order valence-electron chi connectivity index (χ2n) is 10.8. The van der Waals surface area contributed by atoms with E-state index in [1.807, 2.05) is 80.6 Å². The number of esters is 1. The van der Waals surface area contributed by atoms with Gasteiger partial charge in [-0.25, -0.2) is 9.69 Å². The summed E-state index contributed by atoms with van der Waals surface area (Å²) in [7, 11) is -3.87. The SMILES string of the molecule is C=C(C)C(=O)Oc1cc(C(C)(c2ccc(C)cc2)P2(=O)Oc3ccccc3-c3ccccc32)ccc1N(C(C)=O)C(C)=O. The molecule has 43 heavy (non-hydrogen) atoms. The number of hydrogen-bond acceptors (Lipinski definition) is 6. The van der Waals surface area contributed by atoms with Crippen LogP contribution in [0.5, 0.6) is 11.5 Å². The molecule has 0 fully saturated rings. The van der Waals surface area contributed by atoms with Crippen molar-refractivity contribution in [3.63, 3.8) is 0 Å². The second kappa shape index (κ2) is 11.2. The van der Waals surface area contributed by atoms with E-state index in [1.165, 1.54) is 26.8 Å². The Hall–Kier alpha value is -4.74. The molecule has 0 bridgehead atoms. The van der Waals surface area contributed by atoms with Crippen molar-refractivity contribution in [1.82, 2.24) is 0 Å². The Morgan fingerprint density at radius 1 is 0.814 bits per heavy atom. The lowest BCUT2D eigenvalue weighted by Crippen LogP contribution is -2.35. The van der Waals surface area contributed by atoms with Gasteiger partial charge in [-0.2, -0.15) is 0 Å². The summed E-state index contributed by atoms with van der Waals surface area (Å²) in [6, 6.07) is 27.4. The zero-order valence-corrected chi connectivity index (χ0v) is 25.6. The van der Waals surface area contributed by atoms with Gasteiger partial charge in [0.25, 0.3) is 7.37 Å². The highest BCUT2D eigenvalue weighted by molar-refractivity contribution is 7.69. The average Bonchev–Trinajstić information content (AvgIpc) is 2.97. The maximum Gasteiger partial charge on any atom is 0.338 e. The van der Waals surface area contributed by atoms with Crippen LogP contribution < -0.4 is 19.5 Å². The molecule has 7 nitrogen and oxygen atoms in total. The maximum atomic E-state index is 15.7. The summed E-state index contributed by atoms with van der Waals surface area (Å²) in [6.07, 6.45) is 0. The van der Waals surface area contributed by atoms with E-state index in [4.69, 9.17) is 9.26 Å². The van der Waals surface area contributed by atoms with Crippen LogP contribution in [0.3, 0.4) is 0 Å². The molecule has 8 heteroatoms. The first-order valence-corrected chi connectivity index (χ1v) is 15.4. The van der Waals surface area contributed by atoms with Crippen molar-refractivity contribution >= 4 is 36.1 Å². The maximum absolute atomic E-state index is 15.7. The van der Waals surface area contributed by atoms with Gasteiger partial charge in [0.15, 0.2) is 5.75 Å². The lowest BCUT2D eigenvalue weighted by Gasteiger charge is -2.41. The van der Waals surface area contributed by atoms with Crippen molar-refractivity contribution in [2.75, 3.05) is 4.90 Å². The van der Waals surface area contributed by atoms with Crippen LogP contribution in [0.1, 0.15) is 44.4 Å². The van der Waals surface area contributed by atoms with Crippen LogP contribution in [-0.2, 0) is 24.1 Å². The van der Waals surface area contributed by atoms with E-state index in [0.29, 0.717) is 22.2 Å². The highest BCUT2D eigenvalue weighted by Crippen LogP contribution is 2.69. The first-order chi connectivity index (χ1) is 20.4. The summed E-state index contributed by atoms with van der Waals surface area (Å²) in [5.74, 6) is -1.40. The monoisotopic (exact) mass is 593 g/mol. The summed E-state index contributed by atoms with van der Waals surface area (Å²) >= 11 is 0. The molecule has 5 rings (SSSR count). The molecule has 0 aliphatic carbocycles. The van der Waals surface area contributed by atoms with Gasteiger partial charge in [-0.1, -0.05) is 78.9 Å². The number of fused-ring (bicyclic) bond motifs is 3. The lowest BCUT2D eigenvalue weighted by molar-refractivity contribution is -0.130. The first-order valence-electron chi connectivity index (χ1n) is 13.8. The number of amides is 2. The number of aryl methyl sites for hydroxylation is 1. The quantitative estimate of drug-likeness (QED) is 0.101. The van der Waals surface area contributed by atoms with Crippen LogP contribution >= 0.6 is 7.37 Å². The van der Waals surface area contributed by atoms with Crippen molar-refractivity contribution in [1.29, 1.82) is 0 Å². The number of hydrogen-bond donors (Lipinski definition) is 0. The Labute approximate surface area is 251 Å². The summed E-state index contributed by atoms with van der Waals surface area (Å²) in [6.45, 7) is 11.5. The molecular formula is C35H32NO6P. The molecule has 1 heterocycles. The van der Waals surface area contributed by atoms with Crippen LogP contribution in [0.2, 0.25) is 0 Å². The van der Waals surface area contributed by atoms with Crippen LogP contribution in [0.4, 0.5) is 5.69 Å². The number of ether oxygens (including phenoxy) is 1. The lowest BCUT2D eigenvalue weighted by atomic mass is 9.90. The molecular weight excluding hydrogens is 561 g/mol. The third kappa shape index (κ3) is 5.00. The van der Waals surface area contributed by atoms with Crippen LogP contribution in [0.15, 0.2) is 103 Å². The zero-order chi connectivity index (χ0) is 31.1. The topological polar surface area (TPSA) is 90.0 Å². The number of anilines is 1. The summed E-state index contributed by atoms with van der Waals surface area (Å²) in [5.41, 5.74) is 4.06. The Kier molecular flexibility index (Phi) is 7.72. The Morgan fingerprint density at radius 2 is 1.40 bits per heavy atom. The normalized spacial score (nSPS) is 16.5. The molecule has 0 N–H and O–H groups in total. The molecule has 2 amide bonds. The number of para-hydroxylation sites is 1. The molecule has 218 valence electrons. The van der Waals surface area contributed by atoms with E-state index < -0.39 is 30.3 Å². The Bertz CT molecular complexity index is 1830. The van der Waals surface area contributed by atoms with Gasteiger partial charge in [0.2, 0.25) is 11.8 Å². The van der Waals surface area contributed by atoms with E-state index in [1.54, 1.807) is 18.2 Å². The Balaban J connectivity index is 1.83. The molecule has 0 saturated carbocycles. The van der Waals surface area contributed by atoms with Crippen LogP contribution in [0.25, 0.3) is 11.1 Å². The smallest absolute Gasteiger partial charge is 0.338 e. The summed E-state index contributed by atoms with van der Waals surface area (Å²) in [5, 5.41) is -0.764. The van der Waals surface area contributed by atoms with E-state index in [-0.39, 0.29) is 17.0 Å². The number of carbonyl (C=O) groups excluding carboxylic acids is 3. The fourth-order valence-corrected chi connectivity index (χ4v) is 8.42. The predicted octanol–water partition coefficient (Wildman–Crippen LogP) is 7.30. The molecule has 2 atom stereocenters. The first kappa shape index (κ1) is 29.7. The van der Waals surface area contributed by atoms with Gasteiger partial charge in [0.1, 0.15) is 10.9 Å².